The van der Waals surface area contributed by atoms with Crippen molar-refractivity contribution in [1.82, 2.24) is 0 Å². The molecule has 1 aliphatic rings. The number of carbonyl (C=O) groups is 2. The highest BCUT2D eigenvalue weighted by Crippen LogP contribution is 2.49. The van der Waals surface area contributed by atoms with E-state index in [4.69, 9.17) is 9.16 Å². The van der Waals surface area contributed by atoms with Crippen molar-refractivity contribution >= 4 is 20.1 Å². The highest BCUT2D eigenvalue weighted by Gasteiger charge is 2.50. The van der Waals surface area contributed by atoms with E-state index in [1.807, 2.05) is 59.8 Å². The van der Waals surface area contributed by atoms with Gasteiger partial charge in [-0.1, -0.05) is 80.5 Å². The molecule has 5 heteroatoms. The Balaban J connectivity index is 3.89. The highest BCUT2D eigenvalue weighted by atomic mass is 28.4. The number of allylic oxidation sites excluding steroid dienone is 3. The van der Waals surface area contributed by atoms with E-state index in [-0.39, 0.29) is 21.7 Å². The van der Waals surface area contributed by atoms with Gasteiger partial charge in [-0.15, -0.1) is 6.58 Å². The summed E-state index contributed by atoms with van der Waals surface area (Å²) >= 11 is 0. The van der Waals surface area contributed by atoms with Gasteiger partial charge in [-0.2, -0.15) is 0 Å². The van der Waals surface area contributed by atoms with Crippen LogP contribution in [0.5, 0.6) is 0 Å². The van der Waals surface area contributed by atoms with Gasteiger partial charge in [0.05, 0.1) is 5.41 Å². The van der Waals surface area contributed by atoms with Crippen LogP contribution in [0.25, 0.3) is 0 Å². The van der Waals surface area contributed by atoms with Crippen molar-refractivity contribution in [3.8, 4) is 0 Å². The van der Waals surface area contributed by atoms with Crippen LogP contribution in [0.2, 0.25) is 18.1 Å². The van der Waals surface area contributed by atoms with E-state index in [1.54, 1.807) is 0 Å². The second-order valence-corrected chi connectivity index (χ2v) is 17.1. The third-order valence-electron chi connectivity index (χ3n) is 6.35. The van der Waals surface area contributed by atoms with Gasteiger partial charge in [0.15, 0.2) is 14.1 Å². The average Bonchev–Trinajstić information content (AvgIpc) is 2.52. The SMILES string of the molecule is C=CCC1(C(OC(C)=O)O[Si](C)(C)C(C)(C)C)C=C(C(C)(C)C)C(=O)C(C(C)(C)C)=C1. The van der Waals surface area contributed by atoms with Gasteiger partial charge >= 0.3 is 5.97 Å². The molecule has 0 saturated carbocycles. The van der Waals surface area contributed by atoms with Crippen molar-refractivity contribution in [3.05, 3.63) is 36.0 Å². The molecule has 0 spiro atoms. The Labute approximate surface area is 191 Å². The number of ketones is 1. The molecule has 4 nitrogen and oxygen atoms in total. The van der Waals surface area contributed by atoms with E-state index < -0.39 is 26.0 Å². The minimum Gasteiger partial charge on any atom is -0.436 e. The molecule has 0 bridgehead atoms. The van der Waals surface area contributed by atoms with Gasteiger partial charge in [-0.3, -0.25) is 9.59 Å². The van der Waals surface area contributed by atoms with Crippen molar-refractivity contribution < 1.29 is 18.8 Å². The molecule has 31 heavy (non-hydrogen) atoms. The van der Waals surface area contributed by atoms with Crippen molar-refractivity contribution in [2.45, 2.75) is 100 Å². The van der Waals surface area contributed by atoms with Gasteiger partial charge < -0.3 is 9.16 Å². The maximum atomic E-state index is 13.5. The lowest BCUT2D eigenvalue weighted by molar-refractivity contribution is -0.174. The van der Waals surface area contributed by atoms with Gasteiger partial charge in [0, 0.05) is 18.1 Å². The minimum absolute atomic E-state index is 0.0496. The first-order valence-electron chi connectivity index (χ1n) is 11.2. The number of Topliss-reactive ketones (excluding diaryl/α,β-unsaturated/α-hetero) is 1. The Bertz CT molecular complexity index is 746. The third-order valence-corrected chi connectivity index (χ3v) is 10.8. The third kappa shape index (κ3) is 6.29. The summed E-state index contributed by atoms with van der Waals surface area (Å²) in [5.74, 6) is -0.353. The molecule has 0 radical (unpaired) electrons. The Kier molecular flexibility index (Phi) is 7.84. The summed E-state index contributed by atoms with van der Waals surface area (Å²) in [6.45, 7) is 28.3. The van der Waals surface area contributed by atoms with Crippen LogP contribution < -0.4 is 0 Å². The summed E-state index contributed by atoms with van der Waals surface area (Å²) in [4.78, 5) is 25.7. The quantitative estimate of drug-likeness (QED) is 0.190. The normalized spacial score (nSPS) is 18.8. The Morgan fingerprint density at radius 3 is 1.74 bits per heavy atom. The van der Waals surface area contributed by atoms with Crippen LogP contribution in [0.1, 0.15) is 75.7 Å². The smallest absolute Gasteiger partial charge is 0.304 e. The topological polar surface area (TPSA) is 52.6 Å². The monoisotopic (exact) mass is 448 g/mol. The zero-order valence-electron chi connectivity index (χ0n) is 21.9. The number of ether oxygens (including phenoxy) is 1. The summed E-state index contributed by atoms with van der Waals surface area (Å²) in [6.07, 6.45) is 5.42. The van der Waals surface area contributed by atoms with Crippen molar-refractivity contribution in [2.24, 2.45) is 16.2 Å². The van der Waals surface area contributed by atoms with E-state index in [9.17, 15) is 9.59 Å². The first kappa shape index (κ1) is 27.6. The maximum Gasteiger partial charge on any atom is 0.304 e. The van der Waals surface area contributed by atoms with Crippen molar-refractivity contribution in [3.63, 3.8) is 0 Å². The van der Waals surface area contributed by atoms with Gasteiger partial charge in [0.25, 0.3) is 0 Å². The fourth-order valence-corrected chi connectivity index (χ4v) is 4.56. The van der Waals surface area contributed by atoms with E-state index >= 15 is 0 Å². The average molecular weight is 449 g/mol. The summed E-state index contributed by atoms with van der Waals surface area (Å²) < 4.78 is 12.6. The van der Waals surface area contributed by atoms with Crippen LogP contribution in [0.4, 0.5) is 0 Å². The Hall–Kier alpha value is -1.46. The second kappa shape index (κ2) is 8.82. The van der Waals surface area contributed by atoms with Crippen molar-refractivity contribution in [2.75, 3.05) is 0 Å². The van der Waals surface area contributed by atoms with Crippen LogP contribution in [0.15, 0.2) is 36.0 Å². The molecule has 0 amide bonds. The molecule has 0 aliphatic heterocycles. The van der Waals surface area contributed by atoms with Crippen LogP contribution in [0.3, 0.4) is 0 Å². The van der Waals surface area contributed by atoms with Gasteiger partial charge in [-0.05, 0) is 35.4 Å². The van der Waals surface area contributed by atoms with Crippen LogP contribution in [-0.2, 0) is 18.8 Å². The minimum atomic E-state index is -2.30. The fourth-order valence-electron chi connectivity index (χ4n) is 3.41. The molecule has 0 aromatic rings. The van der Waals surface area contributed by atoms with E-state index in [2.05, 4.69) is 40.4 Å². The molecule has 176 valence electrons. The Morgan fingerprint density at radius 1 is 1.03 bits per heavy atom. The summed E-state index contributed by atoms with van der Waals surface area (Å²) in [6, 6.07) is 0. The molecule has 0 saturated heterocycles. The van der Waals surface area contributed by atoms with Crippen LogP contribution >= 0.6 is 0 Å². The summed E-state index contributed by atoms with van der Waals surface area (Å²) in [7, 11) is -2.30. The molecule has 1 rings (SSSR count). The first-order valence-corrected chi connectivity index (χ1v) is 14.1. The zero-order valence-corrected chi connectivity index (χ0v) is 22.9. The van der Waals surface area contributed by atoms with Crippen LogP contribution in [0, 0.1) is 16.2 Å². The predicted molar refractivity (Wildman–Crippen MR) is 131 cm³/mol. The standard InChI is InChI=1S/C26H44O4Si/c1-14-15-26(22(29-18(2)27)30-31(12,13)25(9,10)11)16-19(23(3,4)5)21(28)20(17-26)24(6,7)8/h14,16-17,22H,1,15H2,2-13H3. The number of esters is 1. The molecule has 1 aliphatic carbocycles. The molecule has 0 fully saturated rings. The van der Waals surface area contributed by atoms with E-state index in [1.165, 1.54) is 6.92 Å². The van der Waals surface area contributed by atoms with Crippen molar-refractivity contribution in [1.29, 1.82) is 0 Å². The molecule has 0 aromatic carbocycles. The highest BCUT2D eigenvalue weighted by molar-refractivity contribution is 6.74. The lowest BCUT2D eigenvalue weighted by Gasteiger charge is -2.46. The molecular formula is C26H44O4Si. The summed E-state index contributed by atoms with van der Waals surface area (Å²) in [5, 5.41) is -0.0710. The maximum absolute atomic E-state index is 13.5. The molecule has 0 heterocycles. The first-order chi connectivity index (χ1) is 13.7. The molecule has 1 atom stereocenters. The molecule has 1 unspecified atom stereocenters. The number of carbonyl (C=O) groups excluding carboxylic acids is 2. The number of hydrogen-bond donors (Lipinski definition) is 0. The van der Waals surface area contributed by atoms with Gasteiger partial charge in [-0.25, -0.2) is 0 Å². The van der Waals surface area contributed by atoms with E-state index in [0.717, 1.165) is 11.1 Å². The lowest BCUT2D eigenvalue weighted by Crippen LogP contribution is -2.51. The van der Waals surface area contributed by atoms with Crippen LogP contribution in [-0.4, -0.2) is 26.4 Å². The molecular weight excluding hydrogens is 404 g/mol. The predicted octanol–water partition coefficient (Wildman–Crippen LogP) is 6.99. The molecule has 0 aromatic heterocycles. The second-order valence-electron chi connectivity index (χ2n) is 12.4. The van der Waals surface area contributed by atoms with Gasteiger partial charge in [0.1, 0.15) is 0 Å². The number of hydrogen-bond acceptors (Lipinski definition) is 4. The largest absolute Gasteiger partial charge is 0.436 e. The zero-order chi connectivity index (χ0) is 24.6. The summed E-state index contributed by atoms with van der Waals surface area (Å²) in [5.41, 5.74) is -0.101. The fraction of sp³-hybridized carbons (Fsp3) is 0.692. The van der Waals surface area contributed by atoms with E-state index in [0.29, 0.717) is 6.42 Å². The number of rotatable bonds is 6. The van der Waals surface area contributed by atoms with Gasteiger partial charge in [0.2, 0.25) is 6.29 Å². The lowest BCUT2D eigenvalue weighted by atomic mass is 9.65. The Morgan fingerprint density at radius 2 is 1.45 bits per heavy atom. The molecule has 0 N–H and O–H groups in total.